The van der Waals surface area contributed by atoms with Gasteiger partial charge in [0, 0.05) is 18.8 Å². The first-order valence-corrected chi connectivity index (χ1v) is 6.38. The first-order valence-electron chi connectivity index (χ1n) is 6.00. The van der Waals surface area contributed by atoms with Crippen molar-refractivity contribution >= 4 is 17.5 Å². The van der Waals surface area contributed by atoms with Gasteiger partial charge >= 0.3 is 0 Å². The molecule has 6 heteroatoms. The van der Waals surface area contributed by atoms with Crippen LogP contribution in [-0.4, -0.2) is 39.9 Å². The SMILES string of the molecule is CCN(CC(=O)NC(C)C)Cc1ccnc(Cl)n1. The van der Waals surface area contributed by atoms with Gasteiger partial charge in [-0.15, -0.1) is 0 Å². The number of carbonyl (C=O) groups is 1. The zero-order chi connectivity index (χ0) is 13.5. The number of rotatable bonds is 6. The van der Waals surface area contributed by atoms with Gasteiger partial charge in [0.1, 0.15) is 0 Å². The summed E-state index contributed by atoms with van der Waals surface area (Å²) in [5.74, 6) is 0.0204. The van der Waals surface area contributed by atoms with Crippen molar-refractivity contribution in [3.63, 3.8) is 0 Å². The maximum absolute atomic E-state index is 11.7. The molecular formula is C12H19ClN4O. The molecule has 1 amide bonds. The number of hydrogen-bond acceptors (Lipinski definition) is 4. The van der Waals surface area contributed by atoms with Gasteiger partial charge in [0.05, 0.1) is 12.2 Å². The number of halogens is 1. The smallest absolute Gasteiger partial charge is 0.234 e. The van der Waals surface area contributed by atoms with E-state index >= 15 is 0 Å². The van der Waals surface area contributed by atoms with Crippen LogP contribution < -0.4 is 5.32 Å². The first-order chi connectivity index (χ1) is 8.51. The van der Waals surface area contributed by atoms with Crippen molar-refractivity contribution < 1.29 is 4.79 Å². The molecule has 1 aromatic heterocycles. The molecule has 1 heterocycles. The van der Waals surface area contributed by atoms with Crippen molar-refractivity contribution in [1.82, 2.24) is 20.2 Å². The lowest BCUT2D eigenvalue weighted by atomic mass is 10.3. The van der Waals surface area contributed by atoms with Crippen LogP contribution in [0.1, 0.15) is 26.5 Å². The molecule has 0 radical (unpaired) electrons. The second-order valence-electron chi connectivity index (χ2n) is 4.34. The third kappa shape index (κ3) is 5.42. The minimum absolute atomic E-state index is 0.0204. The van der Waals surface area contributed by atoms with Gasteiger partial charge in [-0.2, -0.15) is 0 Å². The average Bonchev–Trinajstić information content (AvgIpc) is 2.27. The highest BCUT2D eigenvalue weighted by molar-refractivity contribution is 6.28. The number of nitrogens with zero attached hydrogens (tertiary/aromatic N) is 3. The Balaban J connectivity index is 2.54. The molecule has 0 aliphatic rings. The van der Waals surface area contributed by atoms with Crippen LogP contribution in [0, 0.1) is 0 Å². The normalized spacial score (nSPS) is 11.0. The molecule has 0 aliphatic heterocycles. The number of aromatic nitrogens is 2. The summed E-state index contributed by atoms with van der Waals surface area (Å²) in [6.07, 6.45) is 1.62. The van der Waals surface area contributed by atoms with Gasteiger partial charge < -0.3 is 5.32 Å². The molecule has 0 atom stereocenters. The van der Waals surface area contributed by atoms with E-state index in [-0.39, 0.29) is 17.2 Å². The average molecular weight is 271 g/mol. The molecule has 18 heavy (non-hydrogen) atoms. The van der Waals surface area contributed by atoms with E-state index in [2.05, 4.69) is 15.3 Å². The molecule has 0 spiro atoms. The Morgan fingerprint density at radius 2 is 2.28 bits per heavy atom. The minimum Gasteiger partial charge on any atom is -0.353 e. The summed E-state index contributed by atoms with van der Waals surface area (Å²) in [5.41, 5.74) is 0.814. The fourth-order valence-electron chi connectivity index (χ4n) is 1.54. The van der Waals surface area contributed by atoms with Crippen LogP contribution in [0.25, 0.3) is 0 Å². The predicted molar refractivity (Wildman–Crippen MR) is 71.3 cm³/mol. The van der Waals surface area contributed by atoms with E-state index < -0.39 is 0 Å². The Kier molecular flexibility index (Phi) is 6.01. The highest BCUT2D eigenvalue weighted by Crippen LogP contribution is 2.04. The van der Waals surface area contributed by atoms with Crippen molar-refractivity contribution in [3.8, 4) is 0 Å². The molecular weight excluding hydrogens is 252 g/mol. The van der Waals surface area contributed by atoms with Gasteiger partial charge in [0.15, 0.2) is 0 Å². The molecule has 1 aromatic rings. The largest absolute Gasteiger partial charge is 0.353 e. The molecule has 0 saturated carbocycles. The van der Waals surface area contributed by atoms with Crippen LogP contribution in [0.3, 0.4) is 0 Å². The van der Waals surface area contributed by atoms with Crippen LogP contribution in [0.2, 0.25) is 5.28 Å². The maximum Gasteiger partial charge on any atom is 0.234 e. The third-order valence-electron chi connectivity index (χ3n) is 2.33. The summed E-state index contributed by atoms with van der Waals surface area (Å²) in [5, 5.41) is 3.10. The predicted octanol–water partition coefficient (Wildman–Crippen LogP) is 1.48. The molecule has 0 saturated heterocycles. The number of carbonyl (C=O) groups excluding carboxylic acids is 1. The quantitative estimate of drug-likeness (QED) is 0.796. The van der Waals surface area contributed by atoms with Gasteiger partial charge in [-0.05, 0) is 38.1 Å². The minimum atomic E-state index is 0.0204. The van der Waals surface area contributed by atoms with Crippen LogP contribution in [0.15, 0.2) is 12.3 Å². The topological polar surface area (TPSA) is 58.1 Å². The van der Waals surface area contributed by atoms with Crippen molar-refractivity contribution in [2.45, 2.75) is 33.4 Å². The molecule has 100 valence electrons. The fraction of sp³-hybridized carbons (Fsp3) is 0.583. The van der Waals surface area contributed by atoms with Gasteiger partial charge in [0.2, 0.25) is 11.2 Å². The maximum atomic E-state index is 11.7. The summed E-state index contributed by atoms with van der Waals surface area (Å²) in [7, 11) is 0. The summed E-state index contributed by atoms with van der Waals surface area (Å²) >= 11 is 5.73. The summed E-state index contributed by atoms with van der Waals surface area (Å²) in [6, 6.07) is 1.96. The van der Waals surface area contributed by atoms with Crippen LogP contribution >= 0.6 is 11.6 Å². The summed E-state index contributed by atoms with van der Waals surface area (Å²) < 4.78 is 0. The number of hydrogen-bond donors (Lipinski definition) is 1. The monoisotopic (exact) mass is 270 g/mol. The molecule has 0 bridgehead atoms. The van der Waals surface area contributed by atoms with Gasteiger partial charge in [-0.1, -0.05) is 6.92 Å². The Morgan fingerprint density at radius 3 is 2.83 bits per heavy atom. The van der Waals surface area contributed by atoms with E-state index in [1.807, 2.05) is 25.7 Å². The van der Waals surface area contributed by atoms with E-state index in [0.29, 0.717) is 13.1 Å². The van der Waals surface area contributed by atoms with Crippen molar-refractivity contribution in [2.24, 2.45) is 0 Å². The highest BCUT2D eigenvalue weighted by Gasteiger charge is 2.11. The van der Waals surface area contributed by atoms with Crippen LogP contribution in [0.4, 0.5) is 0 Å². The fourth-order valence-corrected chi connectivity index (χ4v) is 1.70. The van der Waals surface area contributed by atoms with Crippen LogP contribution in [-0.2, 0) is 11.3 Å². The first kappa shape index (κ1) is 14.9. The molecule has 1 N–H and O–H groups in total. The Morgan fingerprint density at radius 1 is 1.56 bits per heavy atom. The molecule has 5 nitrogen and oxygen atoms in total. The molecule has 0 aliphatic carbocycles. The van der Waals surface area contributed by atoms with E-state index in [4.69, 9.17) is 11.6 Å². The lowest BCUT2D eigenvalue weighted by molar-refractivity contribution is -0.122. The lowest BCUT2D eigenvalue weighted by Crippen LogP contribution is -2.39. The molecule has 0 unspecified atom stereocenters. The molecule has 1 rings (SSSR count). The van der Waals surface area contributed by atoms with Crippen molar-refractivity contribution in [3.05, 3.63) is 23.2 Å². The third-order valence-corrected chi connectivity index (χ3v) is 2.52. The Hall–Kier alpha value is -1.20. The van der Waals surface area contributed by atoms with E-state index in [9.17, 15) is 4.79 Å². The van der Waals surface area contributed by atoms with Gasteiger partial charge in [-0.3, -0.25) is 9.69 Å². The zero-order valence-electron chi connectivity index (χ0n) is 11.0. The summed E-state index contributed by atoms with van der Waals surface area (Å²) in [6.45, 7) is 7.61. The number of amides is 1. The van der Waals surface area contributed by atoms with E-state index in [1.165, 1.54) is 0 Å². The lowest BCUT2D eigenvalue weighted by Gasteiger charge is -2.20. The molecule has 0 aromatic carbocycles. The zero-order valence-corrected chi connectivity index (χ0v) is 11.7. The van der Waals surface area contributed by atoms with Crippen molar-refractivity contribution in [1.29, 1.82) is 0 Å². The highest BCUT2D eigenvalue weighted by atomic mass is 35.5. The number of likely N-dealkylation sites (N-methyl/N-ethyl adjacent to an activating group) is 1. The Labute approximate surface area is 113 Å². The van der Waals surface area contributed by atoms with E-state index in [0.717, 1.165) is 12.2 Å². The van der Waals surface area contributed by atoms with Gasteiger partial charge in [-0.25, -0.2) is 9.97 Å². The standard InChI is InChI=1S/C12H19ClN4O/c1-4-17(8-11(18)15-9(2)3)7-10-5-6-14-12(13)16-10/h5-6,9H,4,7-8H2,1-3H3,(H,15,18). The van der Waals surface area contributed by atoms with Crippen LogP contribution in [0.5, 0.6) is 0 Å². The molecule has 0 fully saturated rings. The second kappa shape index (κ2) is 7.28. The van der Waals surface area contributed by atoms with E-state index in [1.54, 1.807) is 12.3 Å². The van der Waals surface area contributed by atoms with Crippen molar-refractivity contribution in [2.75, 3.05) is 13.1 Å². The van der Waals surface area contributed by atoms with Gasteiger partial charge in [0.25, 0.3) is 0 Å². The number of nitrogens with one attached hydrogen (secondary N) is 1. The Bertz CT molecular complexity index is 397. The second-order valence-corrected chi connectivity index (χ2v) is 4.68. The summed E-state index contributed by atoms with van der Waals surface area (Å²) in [4.78, 5) is 21.6.